The van der Waals surface area contributed by atoms with Gasteiger partial charge in [-0.05, 0) is 12.8 Å². The minimum absolute atomic E-state index is 0.124. The van der Waals surface area contributed by atoms with Crippen LogP contribution in [0.1, 0.15) is 20.3 Å². The van der Waals surface area contributed by atoms with E-state index in [2.05, 4.69) is 4.89 Å². The molecule has 11 heavy (non-hydrogen) atoms. The molecule has 66 valence electrons. The van der Waals surface area contributed by atoms with E-state index in [1.807, 2.05) is 6.92 Å². The molecule has 0 aliphatic carbocycles. The van der Waals surface area contributed by atoms with Crippen LogP contribution in [0.4, 0.5) is 0 Å². The lowest BCUT2D eigenvalue weighted by Gasteiger charge is -2.34. The Balaban J connectivity index is 2.52. The molecule has 0 spiro atoms. The average Bonchev–Trinajstić information content (AvgIpc) is 1.85. The van der Waals surface area contributed by atoms with Crippen molar-refractivity contribution in [3.05, 3.63) is 0 Å². The molecule has 4 nitrogen and oxygen atoms in total. The zero-order valence-corrected chi connectivity index (χ0v) is 6.73. The Morgan fingerprint density at radius 1 is 1.45 bits per heavy atom. The predicted molar refractivity (Wildman–Crippen MR) is 37.8 cm³/mol. The van der Waals surface area contributed by atoms with Gasteiger partial charge in [0.15, 0.2) is 6.29 Å². The highest BCUT2D eigenvalue weighted by molar-refractivity contribution is 4.77. The molecule has 1 heterocycles. The fourth-order valence-electron chi connectivity index (χ4n) is 1.49. The van der Waals surface area contributed by atoms with Gasteiger partial charge in [0.2, 0.25) is 0 Å². The lowest BCUT2D eigenvalue weighted by molar-refractivity contribution is -0.338. The zero-order valence-electron chi connectivity index (χ0n) is 6.73. The van der Waals surface area contributed by atoms with Crippen LogP contribution in [0.5, 0.6) is 0 Å². The first kappa shape index (κ1) is 8.93. The molecule has 2 N–H and O–H groups in total. The summed E-state index contributed by atoms with van der Waals surface area (Å²) >= 11 is 0. The highest BCUT2D eigenvalue weighted by Crippen LogP contribution is 2.25. The molecule has 4 atom stereocenters. The fraction of sp³-hybridized carbons (Fsp3) is 1.00. The van der Waals surface area contributed by atoms with Crippen LogP contribution in [0, 0.1) is 5.92 Å². The molecule has 0 aromatic carbocycles. The van der Waals surface area contributed by atoms with Crippen molar-refractivity contribution in [3.63, 3.8) is 0 Å². The Morgan fingerprint density at radius 2 is 2.09 bits per heavy atom. The molecule has 1 fully saturated rings. The van der Waals surface area contributed by atoms with Gasteiger partial charge in [-0.25, -0.2) is 4.89 Å². The van der Waals surface area contributed by atoms with Gasteiger partial charge in [-0.15, -0.1) is 0 Å². The van der Waals surface area contributed by atoms with Crippen molar-refractivity contribution in [2.24, 2.45) is 5.92 Å². The normalized spacial score (nSPS) is 45.8. The number of hydrogen-bond acceptors (Lipinski definition) is 4. The van der Waals surface area contributed by atoms with E-state index in [0.717, 1.165) is 0 Å². The van der Waals surface area contributed by atoms with Crippen molar-refractivity contribution in [1.29, 1.82) is 0 Å². The molecule has 2 unspecified atom stereocenters. The number of aliphatic hydroxyl groups excluding tert-OH is 1. The third-order valence-electron chi connectivity index (χ3n) is 2.09. The van der Waals surface area contributed by atoms with Crippen molar-refractivity contribution in [1.82, 2.24) is 0 Å². The molecular formula is C7H14O4. The molecule has 1 aliphatic rings. The molecule has 0 bridgehead atoms. The van der Waals surface area contributed by atoms with Crippen LogP contribution < -0.4 is 0 Å². The summed E-state index contributed by atoms with van der Waals surface area (Å²) in [5.74, 6) is 0.124. The highest BCUT2D eigenvalue weighted by Gasteiger charge is 2.34. The van der Waals surface area contributed by atoms with Gasteiger partial charge >= 0.3 is 0 Å². The maximum atomic E-state index is 9.10. The van der Waals surface area contributed by atoms with Gasteiger partial charge in [0.25, 0.3) is 0 Å². The molecule has 4 heteroatoms. The Morgan fingerprint density at radius 3 is 2.55 bits per heavy atom. The minimum Gasteiger partial charge on any atom is -0.368 e. The Hall–Kier alpha value is -0.160. The second kappa shape index (κ2) is 3.49. The molecule has 0 saturated carbocycles. The molecule has 0 aromatic rings. The van der Waals surface area contributed by atoms with Crippen molar-refractivity contribution in [2.75, 3.05) is 0 Å². The Labute approximate surface area is 65.7 Å². The van der Waals surface area contributed by atoms with E-state index in [-0.39, 0.29) is 18.1 Å². The van der Waals surface area contributed by atoms with Crippen molar-refractivity contribution >= 4 is 0 Å². The van der Waals surface area contributed by atoms with E-state index in [9.17, 15) is 0 Å². The van der Waals surface area contributed by atoms with Gasteiger partial charge in [0, 0.05) is 6.42 Å². The summed E-state index contributed by atoms with van der Waals surface area (Å²) in [5.41, 5.74) is 0. The number of rotatable bonds is 1. The molecule has 0 aromatic heterocycles. The number of ether oxygens (including phenoxy) is 1. The van der Waals surface area contributed by atoms with Crippen LogP contribution in [0.25, 0.3) is 0 Å². The second-order valence-electron chi connectivity index (χ2n) is 3.08. The molecule has 1 saturated heterocycles. The first-order valence-corrected chi connectivity index (χ1v) is 3.79. The van der Waals surface area contributed by atoms with Gasteiger partial charge in [0.1, 0.15) is 6.10 Å². The maximum absolute atomic E-state index is 9.10. The molecule has 0 amide bonds. The van der Waals surface area contributed by atoms with Crippen LogP contribution in [0.15, 0.2) is 0 Å². The molecule has 1 aliphatic heterocycles. The van der Waals surface area contributed by atoms with Gasteiger partial charge in [-0.3, -0.25) is 5.26 Å². The minimum atomic E-state index is -0.716. The number of aliphatic hydroxyl groups is 1. The summed E-state index contributed by atoms with van der Waals surface area (Å²) in [6.07, 6.45) is -0.779. The van der Waals surface area contributed by atoms with Crippen molar-refractivity contribution < 1.29 is 20.0 Å². The summed E-state index contributed by atoms with van der Waals surface area (Å²) in [5, 5.41) is 17.6. The van der Waals surface area contributed by atoms with Crippen molar-refractivity contribution in [2.45, 2.75) is 38.8 Å². The fourth-order valence-corrected chi connectivity index (χ4v) is 1.49. The first-order valence-electron chi connectivity index (χ1n) is 3.79. The zero-order chi connectivity index (χ0) is 8.43. The molecule has 1 rings (SSSR count). The smallest absolute Gasteiger partial charge is 0.155 e. The standard InChI is InChI=1S/C7H14O4/c1-4-3-6(8)10-5(2)7(4)11-9/h4-9H,3H2,1-2H3/t4?,5?,6-,7-/m1/s1. The summed E-state index contributed by atoms with van der Waals surface area (Å²) in [6, 6.07) is 0. The van der Waals surface area contributed by atoms with Crippen LogP contribution in [-0.2, 0) is 9.62 Å². The summed E-state index contributed by atoms with van der Waals surface area (Å²) in [6.45, 7) is 3.67. The van der Waals surface area contributed by atoms with Crippen LogP contribution in [-0.4, -0.2) is 28.9 Å². The monoisotopic (exact) mass is 162 g/mol. The van der Waals surface area contributed by atoms with Crippen LogP contribution >= 0.6 is 0 Å². The van der Waals surface area contributed by atoms with E-state index in [1.165, 1.54) is 0 Å². The molecular weight excluding hydrogens is 148 g/mol. The van der Waals surface area contributed by atoms with E-state index in [0.29, 0.717) is 6.42 Å². The van der Waals surface area contributed by atoms with Gasteiger partial charge in [-0.1, -0.05) is 6.92 Å². The lowest BCUT2D eigenvalue weighted by atomic mass is 9.94. The van der Waals surface area contributed by atoms with Gasteiger partial charge < -0.3 is 9.84 Å². The van der Waals surface area contributed by atoms with Crippen LogP contribution in [0.3, 0.4) is 0 Å². The lowest BCUT2D eigenvalue weighted by Crippen LogP contribution is -2.43. The van der Waals surface area contributed by atoms with Gasteiger partial charge in [-0.2, -0.15) is 0 Å². The van der Waals surface area contributed by atoms with Crippen molar-refractivity contribution in [3.8, 4) is 0 Å². The summed E-state index contributed by atoms with van der Waals surface area (Å²) in [7, 11) is 0. The SMILES string of the molecule is CC1C[C@H](O)OC(C)[C@@H]1OO. The summed E-state index contributed by atoms with van der Waals surface area (Å²) < 4.78 is 5.03. The highest BCUT2D eigenvalue weighted by atomic mass is 17.1. The maximum Gasteiger partial charge on any atom is 0.155 e. The topological polar surface area (TPSA) is 58.9 Å². The number of hydrogen-bond donors (Lipinski definition) is 2. The second-order valence-corrected chi connectivity index (χ2v) is 3.08. The molecule has 0 radical (unpaired) electrons. The van der Waals surface area contributed by atoms with Crippen LogP contribution in [0.2, 0.25) is 0 Å². The van der Waals surface area contributed by atoms with E-state index in [4.69, 9.17) is 15.1 Å². The Bertz CT molecular complexity index is 116. The van der Waals surface area contributed by atoms with E-state index in [1.54, 1.807) is 6.92 Å². The quantitative estimate of drug-likeness (QED) is 0.438. The average molecular weight is 162 g/mol. The third kappa shape index (κ3) is 1.90. The first-order chi connectivity index (χ1) is 5.15. The predicted octanol–water partition coefficient (Wildman–Crippen LogP) is 0.608. The summed E-state index contributed by atoms with van der Waals surface area (Å²) in [4.78, 5) is 4.23. The largest absolute Gasteiger partial charge is 0.368 e. The van der Waals surface area contributed by atoms with Gasteiger partial charge in [0.05, 0.1) is 6.10 Å². The van der Waals surface area contributed by atoms with E-state index >= 15 is 0 Å². The van der Waals surface area contributed by atoms with E-state index < -0.39 is 6.29 Å². The third-order valence-corrected chi connectivity index (χ3v) is 2.09. The Kier molecular flexibility index (Phi) is 2.84.